The van der Waals surface area contributed by atoms with Crippen molar-refractivity contribution in [3.05, 3.63) is 0 Å². The van der Waals surface area contributed by atoms with Crippen LogP contribution in [0.4, 0.5) is 57.1 Å². The Balaban J connectivity index is 6.01. The van der Waals surface area contributed by atoms with Crippen molar-refractivity contribution in [2.45, 2.75) is 62.5 Å². The molecule has 0 aromatic rings. The fourth-order valence-electron chi connectivity index (χ4n) is 1.43. The quantitative estimate of drug-likeness (QED) is 0.457. The molecule has 13 heteroatoms. The number of rotatable bonds is 7. The van der Waals surface area contributed by atoms with Crippen molar-refractivity contribution >= 4 is 0 Å². The molecule has 0 aliphatic heterocycles. The summed E-state index contributed by atoms with van der Waals surface area (Å²) in [5.74, 6) is -37.1. The molecule has 0 radical (unpaired) electrons. The van der Waals surface area contributed by atoms with E-state index in [0.29, 0.717) is 0 Å². The molecule has 0 fully saturated rings. The smallest absolute Gasteiger partial charge is 0.200 e. The minimum Gasteiger partial charge on any atom is -0.200 e. The van der Waals surface area contributed by atoms with E-state index in [4.69, 9.17) is 0 Å². The van der Waals surface area contributed by atoms with E-state index < -0.39 is 54.5 Å². The monoisotopic (exact) mass is 390 g/mol. The highest BCUT2D eigenvalue weighted by Gasteiger charge is 2.90. The maximum Gasteiger partial charge on any atom is 0.460 e. The van der Waals surface area contributed by atoms with Gasteiger partial charge in [0.25, 0.3) is 0 Å². The zero-order valence-corrected chi connectivity index (χ0v) is 11.9. The lowest BCUT2D eigenvalue weighted by Gasteiger charge is -2.39. The topological polar surface area (TPSA) is 0 Å². The summed E-state index contributed by atoms with van der Waals surface area (Å²) in [6.45, 7) is 2.33. The van der Waals surface area contributed by atoms with Crippen LogP contribution in [0.25, 0.3) is 0 Å². The summed E-state index contributed by atoms with van der Waals surface area (Å²) in [6, 6.07) is 0. The van der Waals surface area contributed by atoms with Gasteiger partial charge in [-0.2, -0.15) is 57.1 Å². The Hall–Kier alpha value is -0.910. The molecule has 24 heavy (non-hydrogen) atoms. The molecule has 0 heterocycles. The van der Waals surface area contributed by atoms with E-state index in [1.807, 2.05) is 0 Å². The molecule has 0 atom stereocenters. The first-order valence-electron chi connectivity index (χ1n) is 6.12. The van der Waals surface area contributed by atoms with Crippen molar-refractivity contribution in [2.24, 2.45) is 5.92 Å². The summed E-state index contributed by atoms with van der Waals surface area (Å²) >= 11 is 0. The van der Waals surface area contributed by atoms with E-state index in [0.717, 1.165) is 0 Å². The van der Waals surface area contributed by atoms with Crippen molar-refractivity contribution in [1.82, 2.24) is 0 Å². The summed E-state index contributed by atoms with van der Waals surface area (Å²) in [4.78, 5) is 0. The van der Waals surface area contributed by atoms with Crippen LogP contribution < -0.4 is 0 Å². The van der Waals surface area contributed by atoms with Crippen LogP contribution >= 0.6 is 0 Å². The second-order valence-corrected chi connectivity index (χ2v) is 5.43. The van der Waals surface area contributed by atoms with Gasteiger partial charge in [0, 0.05) is 6.42 Å². The molecule has 0 bridgehead atoms. The van der Waals surface area contributed by atoms with Crippen LogP contribution in [-0.2, 0) is 0 Å². The van der Waals surface area contributed by atoms with Gasteiger partial charge in [-0.1, -0.05) is 13.8 Å². The lowest BCUT2D eigenvalue weighted by Crippen LogP contribution is -2.70. The molecule has 0 aliphatic rings. The highest BCUT2D eigenvalue weighted by atomic mass is 19.4. The van der Waals surface area contributed by atoms with Gasteiger partial charge in [0.2, 0.25) is 0 Å². The van der Waals surface area contributed by atoms with E-state index in [-0.39, 0.29) is 0 Å². The van der Waals surface area contributed by atoms with Gasteiger partial charge >= 0.3 is 35.8 Å². The highest BCUT2D eigenvalue weighted by molar-refractivity contribution is 5.10. The van der Waals surface area contributed by atoms with Gasteiger partial charge < -0.3 is 0 Å². The average molecular weight is 390 g/mol. The minimum absolute atomic E-state index is 0.794. The maximum atomic E-state index is 13.2. The molecule has 0 spiro atoms. The van der Waals surface area contributed by atoms with Crippen molar-refractivity contribution in [3.63, 3.8) is 0 Å². The molecular weight excluding hydrogens is 379 g/mol. The lowest BCUT2D eigenvalue weighted by atomic mass is 9.90. The van der Waals surface area contributed by atoms with Crippen LogP contribution in [0, 0.1) is 5.92 Å². The third-order valence-corrected chi connectivity index (χ3v) is 3.03. The third-order valence-electron chi connectivity index (χ3n) is 3.03. The molecule has 0 amide bonds. The number of halogens is 13. The Kier molecular flexibility index (Phi) is 5.88. The Morgan fingerprint density at radius 3 is 1.17 bits per heavy atom. The molecule has 0 aromatic carbocycles. The maximum absolute atomic E-state index is 13.2. The predicted octanol–water partition coefficient (Wildman–Crippen LogP) is 6.16. The second-order valence-electron chi connectivity index (χ2n) is 5.43. The van der Waals surface area contributed by atoms with Gasteiger partial charge in [-0.3, -0.25) is 0 Å². The summed E-state index contributed by atoms with van der Waals surface area (Å²) in [5.41, 5.74) is 0. The average Bonchev–Trinajstić information content (AvgIpc) is 2.34. The summed E-state index contributed by atoms with van der Waals surface area (Å²) in [7, 11) is 0. The molecule has 0 saturated carbocycles. The van der Waals surface area contributed by atoms with Gasteiger partial charge in [0.1, 0.15) is 0 Å². The van der Waals surface area contributed by atoms with Gasteiger partial charge in [-0.25, -0.2) is 0 Å². The van der Waals surface area contributed by atoms with E-state index in [9.17, 15) is 57.1 Å². The van der Waals surface area contributed by atoms with E-state index in [1.54, 1.807) is 0 Å². The van der Waals surface area contributed by atoms with Gasteiger partial charge in [0.05, 0.1) is 0 Å². The lowest BCUT2D eigenvalue weighted by molar-refractivity contribution is -0.440. The van der Waals surface area contributed by atoms with Crippen LogP contribution in [0.15, 0.2) is 0 Å². The molecule has 0 aromatic heterocycles. The van der Waals surface area contributed by atoms with Crippen molar-refractivity contribution in [2.75, 3.05) is 0 Å². The van der Waals surface area contributed by atoms with Crippen LogP contribution in [0.3, 0.4) is 0 Å². The van der Waals surface area contributed by atoms with Crippen LogP contribution in [0.1, 0.15) is 26.7 Å². The fourth-order valence-corrected chi connectivity index (χ4v) is 1.43. The molecule has 0 unspecified atom stereocenters. The summed E-state index contributed by atoms with van der Waals surface area (Å²) in [6.07, 6.45) is -10.4. The molecule has 0 saturated heterocycles. The Labute approximate surface area is 127 Å². The number of hydrogen-bond acceptors (Lipinski definition) is 0. The molecule has 0 N–H and O–H groups in total. The fraction of sp³-hybridized carbons (Fsp3) is 1.00. The molecule has 0 nitrogen and oxygen atoms in total. The largest absolute Gasteiger partial charge is 0.460 e. The predicted molar refractivity (Wildman–Crippen MR) is 54.9 cm³/mol. The summed E-state index contributed by atoms with van der Waals surface area (Å²) < 4.78 is 165. The van der Waals surface area contributed by atoms with Crippen LogP contribution in [0.2, 0.25) is 0 Å². The zero-order chi connectivity index (χ0) is 20.0. The first kappa shape index (κ1) is 23.1. The summed E-state index contributed by atoms with van der Waals surface area (Å²) in [5, 5.41) is 0. The van der Waals surface area contributed by atoms with E-state index >= 15 is 0 Å². The molecule has 0 aliphatic carbocycles. The Bertz CT molecular complexity index is 432. The van der Waals surface area contributed by atoms with E-state index in [1.165, 1.54) is 13.8 Å². The number of hydrogen-bond donors (Lipinski definition) is 0. The number of alkyl halides is 13. The first-order chi connectivity index (χ1) is 10.2. The third kappa shape index (κ3) is 3.39. The van der Waals surface area contributed by atoms with Crippen LogP contribution in [0.5, 0.6) is 0 Å². The molecule has 146 valence electrons. The molecular formula is C11H11F13. The highest BCUT2D eigenvalue weighted by Crippen LogP contribution is 2.60. The van der Waals surface area contributed by atoms with Gasteiger partial charge in [-0.05, 0) is 12.3 Å². The standard InChI is InChI=1S/C11H11F13/c1-5(2)3-4-6(12,13)7(14,15)8(16,17)9(18,19)10(20,21)11(22,23)24/h5H,3-4H2,1-2H3. The van der Waals surface area contributed by atoms with E-state index in [2.05, 4.69) is 0 Å². The van der Waals surface area contributed by atoms with Gasteiger partial charge in [-0.15, -0.1) is 0 Å². The normalized spacial score (nSPS) is 16.0. The van der Waals surface area contributed by atoms with Crippen LogP contribution in [-0.4, -0.2) is 35.8 Å². The van der Waals surface area contributed by atoms with Crippen molar-refractivity contribution in [1.29, 1.82) is 0 Å². The second kappa shape index (κ2) is 6.11. The van der Waals surface area contributed by atoms with Crippen molar-refractivity contribution < 1.29 is 57.1 Å². The Morgan fingerprint density at radius 1 is 0.542 bits per heavy atom. The van der Waals surface area contributed by atoms with Crippen molar-refractivity contribution in [3.8, 4) is 0 Å². The minimum atomic E-state index is -7.82. The SMILES string of the molecule is CC(C)CCC(F)(F)C(F)(F)C(F)(F)C(F)(F)C(F)(F)C(F)(F)F. The first-order valence-corrected chi connectivity index (χ1v) is 6.12. The Morgan fingerprint density at radius 2 is 0.875 bits per heavy atom. The van der Waals surface area contributed by atoms with Gasteiger partial charge in [0.15, 0.2) is 0 Å². The molecule has 0 rings (SSSR count). The zero-order valence-electron chi connectivity index (χ0n) is 11.9.